The molecule has 0 spiro atoms. The molecule has 202 valence electrons. The van der Waals surface area contributed by atoms with Crippen molar-refractivity contribution >= 4 is 0 Å². The molecular weight excluding hydrogens is 484 g/mol. The van der Waals surface area contributed by atoms with E-state index in [2.05, 4.69) is 6.58 Å². The van der Waals surface area contributed by atoms with Crippen LogP contribution in [-0.4, -0.2) is 60.6 Å². The molecule has 1 aliphatic carbocycles. The van der Waals surface area contributed by atoms with E-state index in [4.69, 9.17) is 23.7 Å². The van der Waals surface area contributed by atoms with Gasteiger partial charge in [0.15, 0.2) is 0 Å². The molecule has 2 N–H and O–H groups in total. The van der Waals surface area contributed by atoms with Gasteiger partial charge in [0.1, 0.15) is 42.4 Å². The molecule has 0 aromatic heterocycles. The Morgan fingerprint density at radius 3 is 1.47 bits per heavy atom. The van der Waals surface area contributed by atoms with Crippen LogP contribution in [0.15, 0.2) is 97.6 Å². The molecule has 38 heavy (non-hydrogen) atoms. The van der Waals surface area contributed by atoms with E-state index in [1.54, 1.807) is 13.2 Å². The van der Waals surface area contributed by atoms with Crippen LogP contribution < -0.4 is 4.74 Å². The standard InChI is InChI=1S/C31H36O7/c1-3-18-35-30-28(37-21-24-14-16-25(34-2)17-15-24)26(32)27(33)29(36-19-22-10-6-4-7-11-22)31(30)38-20-23-12-8-5-9-13-23/h3-17,26-33H,1,18-21H2,2H3/t26-,27+,28-,29-,30+,31+/m1/s1. The molecule has 0 aliphatic heterocycles. The maximum atomic E-state index is 11.2. The first-order valence-electron chi connectivity index (χ1n) is 12.7. The first-order valence-corrected chi connectivity index (χ1v) is 12.7. The maximum Gasteiger partial charge on any atom is 0.118 e. The molecule has 1 aliphatic rings. The Hall–Kier alpha value is -3.04. The summed E-state index contributed by atoms with van der Waals surface area (Å²) in [4.78, 5) is 0. The Kier molecular flexibility index (Phi) is 10.5. The van der Waals surface area contributed by atoms with Crippen LogP contribution in [0, 0.1) is 0 Å². The van der Waals surface area contributed by atoms with Crippen molar-refractivity contribution in [3.63, 3.8) is 0 Å². The Bertz CT molecular complexity index is 1090. The summed E-state index contributed by atoms with van der Waals surface area (Å²) in [5.41, 5.74) is 2.80. The van der Waals surface area contributed by atoms with Crippen molar-refractivity contribution in [3.05, 3.63) is 114 Å². The molecule has 3 aromatic rings. The van der Waals surface area contributed by atoms with Crippen molar-refractivity contribution < 1.29 is 33.9 Å². The van der Waals surface area contributed by atoms with Gasteiger partial charge in [-0.3, -0.25) is 0 Å². The summed E-state index contributed by atoms with van der Waals surface area (Å²) < 4.78 is 30.1. The molecular formula is C31H36O7. The fourth-order valence-electron chi connectivity index (χ4n) is 4.54. The lowest BCUT2D eigenvalue weighted by Crippen LogP contribution is -2.66. The summed E-state index contributed by atoms with van der Waals surface area (Å²) in [6.07, 6.45) is -4.07. The predicted octanol–water partition coefficient (Wildman–Crippen LogP) is 4.06. The lowest BCUT2D eigenvalue weighted by Gasteiger charge is -2.47. The minimum atomic E-state index is -1.26. The average molecular weight is 521 g/mol. The van der Waals surface area contributed by atoms with Crippen molar-refractivity contribution in [1.29, 1.82) is 0 Å². The van der Waals surface area contributed by atoms with Gasteiger partial charge in [0.05, 0.1) is 33.5 Å². The van der Waals surface area contributed by atoms with Gasteiger partial charge < -0.3 is 33.9 Å². The van der Waals surface area contributed by atoms with Crippen LogP contribution in [0.4, 0.5) is 0 Å². The van der Waals surface area contributed by atoms with E-state index in [0.717, 1.165) is 22.4 Å². The highest BCUT2D eigenvalue weighted by molar-refractivity contribution is 5.26. The van der Waals surface area contributed by atoms with Gasteiger partial charge in [-0.05, 0) is 28.8 Å². The first kappa shape index (κ1) is 28.0. The Balaban J connectivity index is 1.57. The molecule has 4 rings (SSSR count). The normalized spacial score (nSPS) is 25.1. The quantitative estimate of drug-likeness (QED) is 0.329. The summed E-state index contributed by atoms with van der Waals surface area (Å²) in [5, 5.41) is 22.4. The lowest BCUT2D eigenvalue weighted by atomic mass is 9.84. The molecule has 0 bridgehead atoms. The number of methoxy groups -OCH3 is 1. The molecule has 7 heteroatoms. The zero-order valence-corrected chi connectivity index (χ0v) is 21.6. The SMILES string of the molecule is C=CCO[C@@H]1[C@@H](OCc2ccccc2)[C@H](OCc2ccccc2)[C@@H](O)[C@@H](O)[C@H]1OCc1ccc(OC)cc1. The highest BCUT2D eigenvalue weighted by atomic mass is 16.6. The van der Waals surface area contributed by atoms with Crippen LogP contribution in [0.1, 0.15) is 16.7 Å². The predicted molar refractivity (Wildman–Crippen MR) is 144 cm³/mol. The zero-order chi connectivity index (χ0) is 26.7. The number of ether oxygens (including phenoxy) is 5. The van der Waals surface area contributed by atoms with Crippen molar-refractivity contribution in [2.24, 2.45) is 0 Å². The van der Waals surface area contributed by atoms with E-state index in [1.807, 2.05) is 84.9 Å². The number of rotatable bonds is 13. The largest absolute Gasteiger partial charge is 0.497 e. The first-order chi connectivity index (χ1) is 18.6. The molecule has 0 heterocycles. The van der Waals surface area contributed by atoms with Gasteiger partial charge >= 0.3 is 0 Å². The summed E-state index contributed by atoms with van der Waals surface area (Å²) in [5.74, 6) is 0.738. The number of aliphatic hydroxyl groups is 2. The van der Waals surface area contributed by atoms with Crippen LogP contribution in [0.25, 0.3) is 0 Å². The summed E-state index contributed by atoms with van der Waals surface area (Å²) in [7, 11) is 1.61. The van der Waals surface area contributed by atoms with Crippen LogP contribution in [0.5, 0.6) is 5.75 Å². The van der Waals surface area contributed by atoms with E-state index in [0.29, 0.717) is 0 Å². The van der Waals surface area contributed by atoms with Crippen LogP contribution in [0.2, 0.25) is 0 Å². The second-order valence-electron chi connectivity index (χ2n) is 9.21. The van der Waals surface area contributed by atoms with Gasteiger partial charge in [0.25, 0.3) is 0 Å². The third-order valence-corrected chi connectivity index (χ3v) is 6.57. The molecule has 7 nitrogen and oxygen atoms in total. The maximum absolute atomic E-state index is 11.2. The number of hydrogen-bond acceptors (Lipinski definition) is 7. The third-order valence-electron chi connectivity index (χ3n) is 6.57. The molecule has 6 atom stereocenters. The van der Waals surface area contributed by atoms with Gasteiger partial charge in [-0.2, -0.15) is 0 Å². The third kappa shape index (κ3) is 7.29. The smallest absolute Gasteiger partial charge is 0.118 e. The van der Waals surface area contributed by atoms with E-state index < -0.39 is 36.6 Å². The van der Waals surface area contributed by atoms with Gasteiger partial charge in [-0.25, -0.2) is 0 Å². The van der Waals surface area contributed by atoms with Gasteiger partial charge in [0.2, 0.25) is 0 Å². The fraction of sp³-hybridized carbons (Fsp3) is 0.355. The van der Waals surface area contributed by atoms with E-state index in [-0.39, 0.29) is 26.4 Å². The second-order valence-corrected chi connectivity index (χ2v) is 9.21. The van der Waals surface area contributed by atoms with Crippen LogP contribution in [-0.2, 0) is 38.8 Å². The molecule has 0 saturated heterocycles. The molecule has 0 amide bonds. The summed E-state index contributed by atoms with van der Waals surface area (Å²) in [6.45, 7) is 4.70. The molecule has 3 aromatic carbocycles. The second kappa shape index (κ2) is 14.2. The molecule has 1 fully saturated rings. The molecule has 0 radical (unpaired) electrons. The van der Waals surface area contributed by atoms with Crippen molar-refractivity contribution in [1.82, 2.24) is 0 Å². The number of benzene rings is 3. The van der Waals surface area contributed by atoms with E-state index in [9.17, 15) is 10.2 Å². The Labute approximate surface area is 224 Å². The van der Waals surface area contributed by atoms with Gasteiger partial charge in [-0.15, -0.1) is 6.58 Å². The van der Waals surface area contributed by atoms with E-state index in [1.165, 1.54) is 0 Å². The summed E-state index contributed by atoms with van der Waals surface area (Å²) >= 11 is 0. The van der Waals surface area contributed by atoms with Gasteiger partial charge in [0, 0.05) is 0 Å². The van der Waals surface area contributed by atoms with Crippen LogP contribution >= 0.6 is 0 Å². The monoisotopic (exact) mass is 520 g/mol. The lowest BCUT2D eigenvalue weighted by molar-refractivity contribution is -0.270. The number of aliphatic hydroxyl groups excluding tert-OH is 2. The van der Waals surface area contributed by atoms with Crippen LogP contribution in [0.3, 0.4) is 0 Å². The topological polar surface area (TPSA) is 86.6 Å². The van der Waals surface area contributed by atoms with Crippen molar-refractivity contribution in [3.8, 4) is 5.75 Å². The van der Waals surface area contributed by atoms with Crippen molar-refractivity contribution in [2.45, 2.75) is 56.4 Å². The van der Waals surface area contributed by atoms with Crippen molar-refractivity contribution in [2.75, 3.05) is 13.7 Å². The minimum absolute atomic E-state index is 0.202. The molecule has 1 saturated carbocycles. The fourth-order valence-corrected chi connectivity index (χ4v) is 4.54. The highest BCUT2D eigenvalue weighted by Crippen LogP contribution is 2.32. The van der Waals surface area contributed by atoms with E-state index >= 15 is 0 Å². The Morgan fingerprint density at radius 1 is 0.605 bits per heavy atom. The highest BCUT2D eigenvalue weighted by Gasteiger charge is 2.52. The van der Waals surface area contributed by atoms with Gasteiger partial charge in [-0.1, -0.05) is 78.9 Å². The minimum Gasteiger partial charge on any atom is -0.497 e. The average Bonchev–Trinajstić information content (AvgIpc) is 2.97. The molecule has 0 unspecified atom stereocenters. The summed E-state index contributed by atoms with van der Waals surface area (Å²) in [6, 6.07) is 26.9. The number of hydrogen-bond donors (Lipinski definition) is 2. The zero-order valence-electron chi connectivity index (χ0n) is 21.6. The Morgan fingerprint density at radius 2 is 1.03 bits per heavy atom.